The molecule has 0 unspecified atom stereocenters. The van der Waals surface area contributed by atoms with Crippen LogP contribution in [-0.2, 0) is 0 Å². The van der Waals surface area contributed by atoms with Gasteiger partial charge in [0.2, 0.25) is 5.95 Å². The second kappa shape index (κ2) is 1.69. The van der Waals surface area contributed by atoms with Crippen molar-refractivity contribution in [2.24, 2.45) is 0 Å². The van der Waals surface area contributed by atoms with Crippen LogP contribution in [0.5, 0.6) is 6.01 Å². The summed E-state index contributed by atoms with van der Waals surface area (Å²) in [6.45, 7) is 0. The van der Waals surface area contributed by atoms with E-state index >= 15 is 0 Å². The minimum Gasteiger partial charge on any atom is -0.479 e. The molecule has 0 atom stereocenters. The normalized spacial score (nSPS) is 9.12. The molecule has 0 aliphatic heterocycles. The molecule has 0 saturated carbocycles. The van der Waals surface area contributed by atoms with E-state index < -0.39 is 0 Å². The molecule has 0 bridgehead atoms. The highest BCUT2D eigenvalue weighted by Crippen LogP contribution is 1.99. The van der Waals surface area contributed by atoms with E-state index in [9.17, 15) is 0 Å². The van der Waals surface area contributed by atoms with Gasteiger partial charge in [0.25, 0.3) is 0 Å². The third-order valence-corrected chi connectivity index (χ3v) is 0.712. The van der Waals surface area contributed by atoms with Crippen LogP contribution in [-0.4, -0.2) is 27.3 Å². The average Bonchev–Trinajstić information content (AvgIpc) is 2.14. The topological polar surface area (TPSA) is 73.8 Å². The van der Waals surface area contributed by atoms with Crippen LogP contribution in [0, 0.1) is 0 Å². The molecule has 0 radical (unpaired) electrons. The summed E-state index contributed by atoms with van der Waals surface area (Å²) in [7, 11) is 1.68. The molecular weight excluding hydrogens is 108 g/mol. The molecule has 0 spiro atoms. The van der Waals surface area contributed by atoms with E-state index in [0.29, 0.717) is 5.95 Å². The van der Waals surface area contributed by atoms with E-state index in [0.717, 1.165) is 0 Å². The highest BCUT2D eigenvalue weighted by atomic mass is 16.3. The number of hydrogen-bond donors (Lipinski definition) is 3. The fraction of sp³-hybridized carbons (Fsp3) is 0.333. The van der Waals surface area contributed by atoms with Crippen molar-refractivity contribution >= 4 is 5.95 Å². The molecule has 1 heterocycles. The van der Waals surface area contributed by atoms with Gasteiger partial charge in [-0.05, 0) is 0 Å². The minimum atomic E-state index is -0.172. The molecule has 0 aliphatic carbocycles. The van der Waals surface area contributed by atoms with Gasteiger partial charge in [0.1, 0.15) is 0 Å². The van der Waals surface area contributed by atoms with Crippen LogP contribution >= 0.6 is 0 Å². The lowest BCUT2D eigenvalue weighted by Gasteiger charge is -1.84. The molecule has 5 heteroatoms. The number of aromatic nitrogens is 3. The molecule has 3 N–H and O–H groups in total. The second-order valence-corrected chi connectivity index (χ2v) is 1.25. The molecule has 0 aromatic carbocycles. The fourth-order valence-electron chi connectivity index (χ4n) is 0.366. The van der Waals surface area contributed by atoms with Gasteiger partial charge in [0, 0.05) is 7.05 Å². The zero-order valence-corrected chi connectivity index (χ0v) is 4.34. The number of hydrogen-bond acceptors (Lipinski definition) is 4. The maximum atomic E-state index is 8.52. The highest BCUT2D eigenvalue weighted by molar-refractivity contribution is 5.21. The lowest BCUT2D eigenvalue weighted by atomic mass is 11.0. The Morgan fingerprint density at radius 2 is 2.38 bits per heavy atom. The first-order valence-electron chi connectivity index (χ1n) is 2.12. The maximum Gasteiger partial charge on any atom is 0.313 e. The van der Waals surface area contributed by atoms with Gasteiger partial charge in [0.05, 0.1) is 0 Å². The highest BCUT2D eigenvalue weighted by Gasteiger charge is 1.93. The first-order valence-corrected chi connectivity index (χ1v) is 2.12. The predicted molar refractivity (Wildman–Crippen MR) is 27.6 cm³/mol. The van der Waals surface area contributed by atoms with Crippen molar-refractivity contribution in [3.8, 4) is 6.01 Å². The smallest absolute Gasteiger partial charge is 0.313 e. The lowest BCUT2D eigenvalue weighted by molar-refractivity contribution is 0.433. The predicted octanol–water partition coefficient (Wildman–Crippen LogP) is -0.448. The second-order valence-electron chi connectivity index (χ2n) is 1.25. The maximum absolute atomic E-state index is 8.52. The van der Waals surface area contributed by atoms with Crippen LogP contribution in [0.2, 0.25) is 0 Å². The lowest BCUT2D eigenvalue weighted by Crippen LogP contribution is -1.88. The van der Waals surface area contributed by atoms with Crippen molar-refractivity contribution in [1.29, 1.82) is 0 Å². The van der Waals surface area contributed by atoms with Crippen LogP contribution in [0.1, 0.15) is 0 Å². The molecule has 0 saturated heterocycles. The Hall–Kier alpha value is -1.26. The van der Waals surface area contributed by atoms with E-state index in [1.54, 1.807) is 7.05 Å². The molecule has 1 rings (SSSR count). The molecule has 8 heavy (non-hydrogen) atoms. The van der Waals surface area contributed by atoms with E-state index in [-0.39, 0.29) is 6.01 Å². The largest absolute Gasteiger partial charge is 0.479 e. The molecule has 5 nitrogen and oxygen atoms in total. The van der Waals surface area contributed by atoms with E-state index in [4.69, 9.17) is 5.11 Å². The quantitative estimate of drug-likeness (QED) is 0.462. The van der Waals surface area contributed by atoms with Crippen molar-refractivity contribution in [2.75, 3.05) is 12.4 Å². The van der Waals surface area contributed by atoms with Crippen LogP contribution in [0.25, 0.3) is 0 Å². The van der Waals surface area contributed by atoms with Crippen molar-refractivity contribution in [3.05, 3.63) is 0 Å². The summed E-state index contributed by atoms with van der Waals surface area (Å²) >= 11 is 0. The van der Waals surface area contributed by atoms with Gasteiger partial charge in [-0.15, -0.1) is 5.10 Å². The Kier molecular flexibility index (Phi) is 1.03. The number of aromatic amines is 1. The zero-order valence-electron chi connectivity index (χ0n) is 4.34. The third kappa shape index (κ3) is 0.699. The minimum absolute atomic E-state index is 0.172. The summed E-state index contributed by atoms with van der Waals surface area (Å²) in [5.74, 6) is 0.461. The van der Waals surface area contributed by atoms with Crippen molar-refractivity contribution in [2.45, 2.75) is 0 Å². The Morgan fingerprint density at radius 1 is 1.62 bits per heavy atom. The van der Waals surface area contributed by atoms with Gasteiger partial charge in [-0.2, -0.15) is 0 Å². The summed E-state index contributed by atoms with van der Waals surface area (Å²) in [5.41, 5.74) is 0. The fourth-order valence-corrected chi connectivity index (χ4v) is 0.366. The molecule has 44 valence electrons. The monoisotopic (exact) mass is 114 g/mol. The van der Waals surface area contributed by atoms with Gasteiger partial charge in [-0.25, -0.2) is 0 Å². The third-order valence-electron chi connectivity index (χ3n) is 0.712. The molecule has 0 aliphatic rings. The molecule has 0 amide bonds. The van der Waals surface area contributed by atoms with Crippen molar-refractivity contribution in [1.82, 2.24) is 15.2 Å². The molecule has 0 fully saturated rings. The van der Waals surface area contributed by atoms with E-state index in [1.165, 1.54) is 0 Å². The summed E-state index contributed by atoms with van der Waals surface area (Å²) in [6.07, 6.45) is 0. The van der Waals surface area contributed by atoms with Gasteiger partial charge in [-0.1, -0.05) is 5.10 Å². The number of rotatable bonds is 1. The van der Waals surface area contributed by atoms with Crippen LogP contribution in [0.15, 0.2) is 0 Å². The zero-order chi connectivity index (χ0) is 5.98. The number of H-pyrrole nitrogens is 1. The molecule has 1 aromatic heterocycles. The standard InChI is InChI=1S/C3H6N4O/c1-4-2-5-3(8)7-6-2/h1H3,(H3,4,5,6,7,8). The Morgan fingerprint density at radius 3 is 2.62 bits per heavy atom. The number of nitrogens with zero attached hydrogens (tertiary/aromatic N) is 2. The van der Waals surface area contributed by atoms with Gasteiger partial charge >= 0.3 is 6.01 Å². The number of aromatic hydroxyl groups is 1. The van der Waals surface area contributed by atoms with Gasteiger partial charge in [0.15, 0.2) is 0 Å². The van der Waals surface area contributed by atoms with Crippen LogP contribution in [0.4, 0.5) is 5.95 Å². The summed E-state index contributed by atoms with van der Waals surface area (Å²) < 4.78 is 0. The SMILES string of the molecule is CNc1nnc(O)[nH]1. The summed E-state index contributed by atoms with van der Waals surface area (Å²) in [4.78, 5) is 2.45. The first kappa shape index (κ1) is 4.89. The Balaban J connectivity index is 2.84. The van der Waals surface area contributed by atoms with Crippen molar-refractivity contribution in [3.63, 3.8) is 0 Å². The van der Waals surface area contributed by atoms with Crippen LogP contribution < -0.4 is 5.32 Å². The van der Waals surface area contributed by atoms with E-state index in [2.05, 4.69) is 20.5 Å². The Labute approximate surface area is 45.8 Å². The van der Waals surface area contributed by atoms with Crippen LogP contribution in [0.3, 0.4) is 0 Å². The Bertz CT molecular complexity index is 172. The summed E-state index contributed by atoms with van der Waals surface area (Å²) in [6, 6.07) is -0.172. The van der Waals surface area contributed by atoms with Crippen molar-refractivity contribution < 1.29 is 5.11 Å². The van der Waals surface area contributed by atoms with E-state index in [1.807, 2.05) is 0 Å². The number of anilines is 1. The molecular formula is C3H6N4O. The van der Waals surface area contributed by atoms with Gasteiger partial charge in [-0.3, -0.25) is 4.98 Å². The average molecular weight is 114 g/mol. The first-order chi connectivity index (χ1) is 3.83. The van der Waals surface area contributed by atoms with Gasteiger partial charge < -0.3 is 10.4 Å². The summed E-state index contributed by atoms with van der Waals surface area (Å²) in [5, 5.41) is 17.9. The molecule has 1 aromatic rings. The number of nitrogens with one attached hydrogen (secondary N) is 2.